The van der Waals surface area contributed by atoms with E-state index in [0.717, 1.165) is 0 Å². The molecule has 6 heteroatoms. The molecule has 1 amide bonds. The van der Waals surface area contributed by atoms with Crippen LogP contribution < -0.4 is 10.9 Å². The number of nitrogens with zero attached hydrogens (tertiary/aromatic N) is 1. The number of para-hydroxylation sites is 1. The van der Waals surface area contributed by atoms with E-state index in [-0.39, 0.29) is 17.2 Å². The monoisotopic (exact) mass is 307 g/mol. The zero-order valence-corrected chi connectivity index (χ0v) is 12.3. The summed E-state index contributed by atoms with van der Waals surface area (Å²) in [4.78, 5) is 42.2. The van der Waals surface area contributed by atoms with Crippen molar-refractivity contribution in [2.75, 3.05) is 5.32 Å². The number of nitrogens with one attached hydrogen (secondary N) is 2. The highest BCUT2D eigenvalue weighted by Gasteiger charge is 2.12. The first-order chi connectivity index (χ1) is 11.0. The Morgan fingerprint density at radius 1 is 1.09 bits per heavy atom. The van der Waals surface area contributed by atoms with Crippen molar-refractivity contribution in [3.63, 3.8) is 0 Å². The van der Waals surface area contributed by atoms with Crippen LogP contribution in [0.15, 0.2) is 53.3 Å². The molecule has 0 spiro atoms. The summed E-state index contributed by atoms with van der Waals surface area (Å²) in [5, 5.41) is 3.04. The molecule has 0 saturated heterocycles. The van der Waals surface area contributed by atoms with Gasteiger partial charge in [0, 0.05) is 11.3 Å². The number of aromatic nitrogens is 2. The van der Waals surface area contributed by atoms with Crippen LogP contribution >= 0.6 is 0 Å². The number of amides is 1. The molecule has 6 nitrogen and oxygen atoms in total. The lowest BCUT2D eigenvalue weighted by Gasteiger charge is -2.06. The first-order valence-corrected chi connectivity index (χ1v) is 6.96. The van der Waals surface area contributed by atoms with Crippen LogP contribution in [0.5, 0.6) is 0 Å². The fraction of sp³-hybridized carbons (Fsp3) is 0.0588. The van der Waals surface area contributed by atoms with E-state index in [4.69, 9.17) is 0 Å². The minimum atomic E-state index is -0.548. The summed E-state index contributed by atoms with van der Waals surface area (Å²) in [6, 6.07) is 13.3. The molecule has 0 aliphatic carbocycles. The highest BCUT2D eigenvalue weighted by atomic mass is 16.2. The third kappa shape index (κ3) is 3.01. The van der Waals surface area contributed by atoms with Crippen molar-refractivity contribution in [3.05, 3.63) is 70.3 Å². The predicted octanol–water partition coefficient (Wildman–Crippen LogP) is 2.38. The van der Waals surface area contributed by atoms with Gasteiger partial charge in [0.25, 0.3) is 11.5 Å². The summed E-state index contributed by atoms with van der Waals surface area (Å²) in [5.41, 5.74) is 1.01. The van der Waals surface area contributed by atoms with Crippen LogP contribution in [0.2, 0.25) is 0 Å². The number of ketones is 1. The van der Waals surface area contributed by atoms with E-state index < -0.39 is 5.91 Å². The lowest BCUT2D eigenvalue weighted by molar-refractivity contribution is 0.100. The molecule has 0 aliphatic heterocycles. The van der Waals surface area contributed by atoms with Gasteiger partial charge in [0.05, 0.1) is 10.9 Å². The van der Waals surface area contributed by atoms with Crippen LogP contribution in [-0.4, -0.2) is 21.7 Å². The van der Waals surface area contributed by atoms with Crippen molar-refractivity contribution < 1.29 is 9.59 Å². The lowest BCUT2D eigenvalue weighted by atomic mass is 10.1. The molecule has 3 rings (SSSR count). The number of benzene rings is 2. The Morgan fingerprint density at radius 3 is 2.65 bits per heavy atom. The minimum absolute atomic E-state index is 0.0815. The minimum Gasteiger partial charge on any atom is -0.319 e. The number of hydrogen-bond acceptors (Lipinski definition) is 4. The fourth-order valence-corrected chi connectivity index (χ4v) is 2.20. The first kappa shape index (κ1) is 14.6. The number of H-pyrrole nitrogens is 1. The lowest BCUT2D eigenvalue weighted by Crippen LogP contribution is -2.21. The zero-order chi connectivity index (χ0) is 16.4. The Hall–Kier alpha value is -3.28. The molecule has 0 unspecified atom stereocenters. The first-order valence-electron chi connectivity index (χ1n) is 6.96. The maximum absolute atomic E-state index is 12.3. The van der Waals surface area contributed by atoms with Crippen LogP contribution in [0.4, 0.5) is 5.69 Å². The van der Waals surface area contributed by atoms with Crippen LogP contribution in [0, 0.1) is 0 Å². The zero-order valence-electron chi connectivity index (χ0n) is 12.3. The number of anilines is 1. The molecule has 0 atom stereocenters. The highest BCUT2D eigenvalue weighted by molar-refractivity contribution is 6.03. The van der Waals surface area contributed by atoms with E-state index in [1.807, 2.05) is 0 Å². The van der Waals surface area contributed by atoms with Gasteiger partial charge >= 0.3 is 0 Å². The van der Waals surface area contributed by atoms with Gasteiger partial charge in [-0.05, 0) is 31.2 Å². The predicted molar refractivity (Wildman–Crippen MR) is 86.8 cm³/mol. The number of carbonyl (C=O) groups excluding carboxylic acids is 2. The van der Waals surface area contributed by atoms with E-state index in [1.54, 1.807) is 48.5 Å². The molecule has 23 heavy (non-hydrogen) atoms. The summed E-state index contributed by atoms with van der Waals surface area (Å²) < 4.78 is 0. The van der Waals surface area contributed by atoms with Crippen LogP contribution in [0.1, 0.15) is 27.9 Å². The van der Waals surface area contributed by atoms with Gasteiger partial charge in [-0.15, -0.1) is 0 Å². The van der Waals surface area contributed by atoms with Gasteiger partial charge in [0.2, 0.25) is 0 Å². The average Bonchev–Trinajstić information content (AvgIpc) is 2.55. The third-order valence-corrected chi connectivity index (χ3v) is 3.35. The van der Waals surface area contributed by atoms with Gasteiger partial charge in [-0.3, -0.25) is 14.4 Å². The number of hydrogen-bond donors (Lipinski definition) is 2. The van der Waals surface area contributed by atoms with Crippen LogP contribution in [-0.2, 0) is 0 Å². The topological polar surface area (TPSA) is 91.9 Å². The van der Waals surface area contributed by atoms with Crippen molar-refractivity contribution >= 4 is 28.3 Å². The molecule has 1 aromatic heterocycles. The van der Waals surface area contributed by atoms with Gasteiger partial charge in [-0.25, -0.2) is 4.98 Å². The van der Waals surface area contributed by atoms with Crippen molar-refractivity contribution in [1.29, 1.82) is 0 Å². The highest BCUT2D eigenvalue weighted by Crippen LogP contribution is 2.12. The maximum Gasteiger partial charge on any atom is 0.291 e. The van der Waals surface area contributed by atoms with E-state index >= 15 is 0 Å². The maximum atomic E-state index is 12.3. The smallest absolute Gasteiger partial charge is 0.291 e. The SMILES string of the molecule is CC(=O)c1cccc(NC(=O)c2nc3ccccc3c(=O)[nH]2)c1. The number of fused-ring (bicyclic) bond motifs is 1. The van der Waals surface area contributed by atoms with Crippen molar-refractivity contribution in [2.24, 2.45) is 0 Å². The molecule has 0 saturated carbocycles. The van der Waals surface area contributed by atoms with Crippen molar-refractivity contribution in [1.82, 2.24) is 9.97 Å². The molecular weight excluding hydrogens is 294 g/mol. The molecule has 0 aliphatic rings. The van der Waals surface area contributed by atoms with E-state index in [2.05, 4.69) is 15.3 Å². The standard InChI is InChI=1S/C17H13N3O3/c1-10(21)11-5-4-6-12(9-11)18-17(23)15-19-14-8-3-2-7-13(14)16(22)20-15/h2-9H,1H3,(H,18,23)(H,19,20,22). The van der Waals surface area contributed by atoms with Gasteiger partial charge < -0.3 is 10.3 Å². The van der Waals surface area contributed by atoms with Gasteiger partial charge in [0.1, 0.15) is 0 Å². The van der Waals surface area contributed by atoms with Crippen LogP contribution in [0.3, 0.4) is 0 Å². The summed E-state index contributed by atoms with van der Waals surface area (Å²) in [6.45, 7) is 1.45. The van der Waals surface area contributed by atoms with E-state index in [1.165, 1.54) is 6.92 Å². The van der Waals surface area contributed by atoms with Crippen molar-refractivity contribution in [3.8, 4) is 0 Å². The summed E-state index contributed by atoms with van der Waals surface area (Å²) in [7, 11) is 0. The Kier molecular flexibility index (Phi) is 3.72. The van der Waals surface area contributed by atoms with Crippen LogP contribution in [0.25, 0.3) is 10.9 Å². The molecule has 0 radical (unpaired) electrons. The normalized spacial score (nSPS) is 10.5. The fourth-order valence-electron chi connectivity index (χ4n) is 2.20. The second kappa shape index (κ2) is 5.84. The summed E-state index contributed by atoms with van der Waals surface area (Å²) in [6.07, 6.45) is 0. The molecule has 0 fully saturated rings. The molecule has 3 aromatic rings. The summed E-state index contributed by atoms with van der Waals surface area (Å²) in [5.74, 6) is -0.728. The quantitative estimate of drug-likeness (QED) is 0.727. The summed E-state index contributed by atoms with van der Waals surface area (Å²) >= 11 is 0. The molecular formula is C17H13N3O3. The van der Waals surface area contributed by atoms with Gasteiger partial charge in [-0.2, -0.15) is 0 Å². The van der Waals surface area contributed by atoms with Gasteiger partial charge in [-0.1, -0.05) is 24.3 Å². The molecule has 114 valence electrons. The van der Waals surface area contributed by atoms with E-state index in [0.29, 0.717) is 22.2 Å². The van der Waals surface area contributed by atoms with Gasteiger partial charge in [0.15, 0.2) is 11.6 Å². The number of Topliss-reactive ketones (excluding diaryl/α,β-unsaturated/α-hetero) is 1. The molecule has 1 heterocycles. The number of carbonyl (C=O) groups is 2. The largest absolute Gasteiger partial charge is 0.319 e. The third-order valence-electron chi connectivity index (χ3n) is 3.35. The van der Waals surface area contributed by atoms with E-state index in [9.17, 15) is 14.4 Å². The number of rotatable bonds is 3. The number of aromatic amines is 1. The molecule has 2 N–H and O–H groups in total. The second-order valence-electron chi connectivity index (χ2n) is 5.02. The Labute approximate surface area is 131 Å². The Bertz CT molecular complexity index is 976. The Morgan fingerprint density at radius 2 is 1.87 bits per heavy atom. The van der Waals surface area contributed by atoms with Crippen molar-refractivity contribution in [2.45, 2.75) is 6.92 Å². The Balaban J connectivity index is 1.93. The second-order valence-corrected chi connectivity index (χ2v) is 5.02. The molecule has 0 bridgehead atoms. The molecule has 2 aromatic carbocycles. The average molecular weight is 307 g/mol.